The van der Waals surface area contributed by atoms with Gasteiger partial charge in [0.05, 0.1) is 18.4 Å². The molecule has 0 spiro atoms. The maximum atomic E-state index is 11.2. The van der Waals surface area contributed by atoms with E-state index in [1.165, 1.54) is 6.08 Å². The Kier molecular flexibility index (Phi) is 3.43. The lowest BCUT2D eigenvalue weighted by Gasteiger charge is -2.12. The van der Waals surface area contributed by atoms with Gasteiger partial charge >= 0.3 is 18.1 Å². The summed E-state index contributed by atoms with van der Waals surface area (Å²) in [5.74, 6) is -3.17. The SMILES string of the molecule is C=C[C@@H](C(=O)OC(=O)O)[C@@H]1CCOC1=O. The van der Waals surface area contributed by atoms with Gasteiger partial charge in [-0.25, -0.2) is 4.79 Å². The molecule has 15 heavy (non-hydrogen) atoms. The molecule has 0 amide bonds. The molecule has 0 aromatic heterocycles. The first-order valence-electron chi connectivity index (χ1n) is 4.30. The van der Waals surface area contributed by atoms with E-state index in [2.05, 4.69) is 16.1 Å². The normalized spacial score (nSPS) is 21.6. The first-order chi connectivity index (χ1) is 7.06. The summed E-state index contributed by atoms with van der Waals surface area (Å²) >= 11 is 0. The summed E-state index contributed by atoms with van der Waals surface area (Å²) in [5.41, 5.74) is 0. The van der Waals surface area contributed by atoms with Crippen molar-refractivity contribution in [3.63, 3.8) is 0 Å². The molecule has 0 aliphatic carbocycles. The van der Waals surface area contributed by atoms with Crippen LogP contribution in [0.25, 0.3) is 0 Å². The molecule has 0 radical (unpaired) electrons. The smallest absolute Gasteiger partial charge is 0.465 e. The maximum absolute atomic E-state index is 11.2. The fraction of sp³-hybridized carbons (Fsp3) is 0.444. The minimum absolute atomic E-state index is 0.230. The average molecular weight is 214 g/mol. The van der Waals surface area contributed by atoms with Crippen molar-refractivity contribution in [1.29, 1.82) is 0 Å². The van der Waals surface area contributed by atoms with E-state index in [4.69, 9.17) is 5.11 Å². The molecule has 1 rings (SSSR count). The van der Waals surface area contributed by atoms with Crippen molar-refractivity contribution in [3.8, 4) is 0 Å². The van der Waals surface area contributed by atoms with Crippen molar-refractivity contribution < 1.29 is 29.0 Å². The van der Waals surface area contributed by atoms with Crippen molar-refractivity contribution in [2.24, 2.45) is 11.8 Å². The largest absolute Gasteiger partial charge is 0.513 e. The first kappa shape index (κ1) is 11.2. The molecule has 6 heteroatoms. The Morgan fingerprint density at radius 3 is 2.73 bits per heavy atom. The Morgan fingerprint density at radius 1 is 1.67 bits per heavy atom. The summed E-state index contributed by atoms with van der Waals surface area (Å²) in [5, 5.41) is 8.24. The Balaban J connectivity index is 2.70. The Morgan fingerprint density at radius 2 is 2.33 bits per heavy atom. The van der Waals surface area contributed by atoms with Crippen LogP contribution in [-0.2, 0) is 19.1 Å². The van der Waals surface area contributed by atoms with E-state index in [0.717, 1.165) is 0 Å². The third-order valence-corrected chi connectivity index (χ3v) is 2.12. The van der Waals surface area contributed by atoms with Gasteiger partial charge in [-0.15, -0.1) is 6.58 Å². The van der Waals surface area contributed by atoms with Crippen molar-refractivity contribution in [3.05, 3.63) is 12.7 Å². The Hall–Kier alpha value is -1.85. The number of carboxylic acid groups (broad SMARTS) is 1. The highest BCUT2D eigenvalue weighted by Crippen LogP contribution is 2.25. The Labute approximate surface area is 85.5 Å². The van der Waals surface area contributed by atoms with Gasteiger partial charge in [-0.1, -0.05) is 6.08 Å². The van der Waals surface area contributed by atoms with Crippen LogP contribution in [0.15, 0.2) is 12.7 Å². The zero-order valence-electron chi connectivity index (χ0n) is 7.84. The molecule has 0 unspecified atom stereocenters. The molecule has 0 bridgehead atoms. The molecule has 1 aliphatic rings. The van der Waals surface area contributed by atoms with Crippen LogP contribution in [0, 0.1) is 11.8 Å². The van der Waals surface area contributed by atoms with Crippen LogP contribution in [0.4, 0.5) is 4.79 Å². The lowest BCUT2D eigenvalue weighted by atomic mass is 9.91. The number of hydrogen-bond donors (Lipinski definition) is 1. The van der Waals surface area contributed by atoms with Crippen molar-refractivity contribution >= 4 is 18.1 Å². The lowest BCUT2D eigenvalue weighted by molar-refractivity contribution is -0.150. The highest BCUT2D eigenvalue weighted by Gasteiger charge is 2.38. The van der Waals surface area contributed by atoms with Crippen LogP contribution in [-0.4, -0.2) is 29.8 Å². The maximum Gasteiger partial charge on any atom is 0.513 e. The molecule has 1 aliphatic heterocycles. The lowest BCUT2D eigenvalue weighted by Crippen LogP contribution is -2.28. The van der Waals surface area contributed by atoms with Crippen molar-refractivity contribution in [2.45, 2.75) is 6.42 Å². The number of esters is 2. The standard InChI is InChI=1S/C9H10O6/c1-2-5(8(11)15-9(12)13)6-3-4-14-7(6)10/h2,5-6H,1,3-4H2,(H,12,13)/t5-,6+/m1/s1. The number of carbonyl (C=O) groups excluding carboxylic acids is 2. The summed E-state index contributed by atoms with van der Waals surface area (Å²) in [6.07, 6.45) is -0.134. The van der Waals surface area contributed by atoms with Crippen LogP contribution >= 0.6 is 0 Å². The molecule has 0 aromatic carbocycles. The van der Waals surface area contributed by atoms with E-state index in [1.807, 2.05) is 0 Å². The summed E-state index contributed by atoms with van der Waals surface area (Å²) < 4.78 is 8.62. The third kappa shape index (κ3) is 2.55. The van der Waals surface area contributed by atoms with Crippen LogP contribution in [0.3, 0.4) is 0 Å². The van der Waals surface area contributed by atoms with Crippen molar-refractivity contribution in [2.75, 3.05) is 6.61 Å². The fourth-order valence-corrected chi connectivity index (χ4v) is 1.42. The molecular weight excluding hydrogens is 204 g/mol. The van der Waals surface area contributed by atoms with Crippen LogP contribution in [0.5, 0.6) is 0 Å². The zero-order chi connectivity index (χ0) is 11.4. The molecule has 6 nitrogen and oxygen atoms in total. The topological polar surface area (TPSA) is 89.9 Å². The summed E-state index contributed by atoms with van der Waals surface area (Å²) in [6.45, 7) is 3.60. The Bertz CT molecular complexity index is 308. The summed E-state index contributed by atoms with van der Waals surface area (Å²) in [7, 11) is 0. The first-order valence-corrected chi connectivity index (χ1v) is 4.30. The van der Waals surface area contributed by atoms with Gasteiger partial charge in [0.15, 0.2) is 0 Å². The van der Waals surface area contributed by atoms with E-state index in [1.54, 1.807) is 0 Å². The molecule has 1 saturated heterocycles. The van der Waals surface area contributed by atoms with Gasteiger partial charge in [-0.05, 0) is 6.42 Å². The van der Waals surface area contributed by atoms with Gasteiger partial charge in [0.25, 0.3) is 0 Å². The number of rotatable bonds is 3. The van der Waals surface area contributed by atoms with Gasteiger partial charge in [-0.2, -0.15) is 0 Å². The van der Waals surface area contributed by atoms with Gasteiger partial charge in [-0.3, -0.25) is 9.59 Å². The molecule has 1 N–H and O–H groups in total. The number of carbonyl (C=O) groups is 3. The van der Waals surface area contributed by atoms with E-state index in [9.17, 15) is 14.4 Å². The third-order valence-electron chi connectivity index (χ3n) is 2.12. The van der Waals surface area contributed by atoms with E-state index in [-0.39, 0.29) is 6.61 Å². The second kappa shape index (κ2) is 4.59. The minimum atomic E-state index is -1.70. The van der Waals surface area contributed by atoms with Crippen molar-refractivity contribution in [1.82, 2.24) is 0 Å². The molecule has 1 fully saturated rings. The summed E-state index contributed by atoms with van der Waals surface area (Å²) in [6, 6.07) is 0. The second-order valence-electron chi connectivity index (χ2n) is 3.01. The highest BCUT2D eigenvalue weighted by molar-refractivity contribution is 5.88. The quantitative estimate of drug-likeness (QED) is 0.419. The van der Waals surface area contributed by atoms with Gasteiger partial charge in [0.1, 0.15) is 0 Å². The average Bonchev–Trinajstić information content (AvgIpc) is 2.52. The molecular formula is C9H10O6. The fourth-order valence-electron chi connectivity index (χ4n) is 1.42. The van der Waals surface area contributed by atoms with Crippen LogP contribution < -0.4 is 0 Å². The van der Waals surface area contributed by atoms with Crippen LogP contribution in [0.1, 0.15) is 6.42 Å². The van der Waals surface area contributed by atoms with Crippen LogP contribution in [0.2, 0.25) is 0 Å². The molecule has 82 valence electrons. The zero-order valence-corrected chi connectivity index (χ0v) is 7.84. The predicted octanol–water partition coefficient (Wildman–Crippen LogP) is 0.573. The molecule has 2 atom stereocenters. The van der Waals surface area contributed by atoms with E-state index in [0.29, 0.717) is 6.42 Å². The summed E-state index contributed by atoms with van der Waals surface area (Å²) in [4.78, 5) is 32.5. The number of cyclic esters (lactones) is 1. The predicted molar refractivity (Wildman–Crippen MR) is 46.9 cm³/mol. The van der Waals surface area contributed by atoms with E-state index >= 15 is 0 Å². The molecule has 0 aromatic rings. The second-order valence-corrected chi connectivity index (χ2v) is 3.01. The minimum Gasteiger partial charge on any atom is -0.465 e. The number of hydrogen-bond acceptors (Lipinski definition) is 5. The van der Waals surface area contributed by atoms with Gasteiger partial charge in [0, 0.05) is 0 Å². The van der Waals surface area contributed by atoms with Gasteiger partial charge < -0.3 is 14.6 Å². The van der Waals surface area contributed by atoms with E-state index < -0.39 is 29.9 Å². The molecule has 0 saturated carbocycles. The highest BCUT2D eigenvalue weighted by atomic mass is 16.7. The van der Waals surface area contributed by atoms with Gasteiger partial charge in [0.2, 0.25) is 0 Å². The molecule has 1 heterocycles. The monoisotopic (exact) mass is 214 g/mol. The number of ether oxygens (including phenoxy) is 2.